The number of anilines is 3. The highest BCUT2D eigenvalue weighted by Gasteiger charge is 2.39. The van der Waals surface area contributed by atoms with Crippen LogP contribution in [0.1, 0.15) is 25.0 Å². The fourth-order valence-corrected chi connectivity index (χ4v) is 7.52. The van der Waals surface area contributed by atoms with Crippen LogP contribution in [-0.4, -0.2) is 0 Å². The number of nitrogens with zero attached hydrogens (tertiary/aromatic N) is 1. The number of furan rings is 1. The summed E-state index contributed by atoms with van der Waals surface area (Å²) in [6.45, 7) is 4.71. The molecule has 1 aliphatic rings. The minimum absolute atomic E-state index is 0.182. The Balaban J connectivity index is 1.32. The number of benzene rings is 7. The van der Waals surface area contributed by atoms with Gasteiger partial charge in [-0.3, -0.25) is 0 Å². The summed E-state index contributed by atoms with van der Waals surface area (Å²) in [7, 11) is 0. The molecule has 0 bridgehead atoms. The number of hydrogen-bond donors (Lipinski definition) is 0. The first kappa shape index (κ1) is 25.9. The topological polar surface area (TPSA) is 16.4 Å². The summed E-state index contributed by atoms with van der Waals surface area (Å²) in [5, 5.41) is 4.74. The van der Waals surface area contributed by atoms with Gasteiger partial charge in [-0.05, 0) is 80.6 Å². The SMILES string of the molecule is CC1(C)c2ccccc2-c2cccc(N(c3cccc(-c4ccc5ccccc5c4)c3)c3cccc4c3oc3ccccc34)c21. The molecule has 0 amide bonds. The van der Waals surface area contributed by atoms with Crippen molar-refractivity contribution in [1.29, 1.82) is 0 Å². The van der Waals surface area contributed by atoms with Gasteiger partial charge in [0.1, 0.15) is 5.58 Å². The van der Waals surface area contributed by atoms with Gasteiger partial charge in [0.25, 0.3) is 0 Å². The van der Waals surface area contributed by atoms with Crippen LogP contribution in [0.15, 0.2) is 156 Å². The normalized spacial score (nSPS) is 13.3. The highest BCUT2D eigenvalue weighted by atomic mass is 16.3. The van der Waals surface area contributed by atoms with E-state index >= 15 is 0 Å². The van der Waals surface area contributed by atoms with Gasteiger partial charge in [0, 0.05) is 21.9 Å². The Morgan fingerprint density at radius 3 is 2.13 bits per heavy atom. The van der Waals surface area contributed by atoms with Crippen molar-refractivity contribution >= 4 is 49.8 Å². The zero-order valence-electron chi connectivity index (χ0n) is 25.3. The van der Waals surface area contributed by atoms with Gasteiger partial charge < -0.3 is 9.32 Å². The Kier molecular flexibility index (Phi) is 5.58. The van der Waals surface area contributed by atoms with Gasteiger partial charge in [0.15, 0.2) is 5.58 Å². The predicted octanol–water partition coefficient (Wildman–Crippen LogP) is 12.2. The molecule has 0 N–H and O–H groups in total. The van der Waals surface area contributed by atoms with Crippen molar-refractivity contribution < 1.29 is 4.42 Å². The third kappa shape index (κ3) is 3.89. The van der Waals surface area contributed by atoms with Crippen LogP contribution in [0.2, 0.25) is 0 Å². The first-order chi connectivity index (χ1) is 22.1. The molecule has 0 atom stereocenters. The Labute approximate surface area is 262 Å². The summed E-state index contributed by atoms with van der Waals surface area (Å²) >= 11 is 0. The molecule has 0 aliphatic heterocycles. The zero-order valence-corrected chi connectivity index (χ0v) is 25.3. The molecule has 0 fully saturated rings. The summed E-state index contributed by atoms with van der Waals surface area (Å²) < 4.78 is 6.66. The van der Waals surface area contributed by atoms with Gasteiger partial charge in [-0.2, -0.15) is 0 Å². The predicted molar refractivity (Wildman–Crippen MR) is 189 cm³/mol. The van der Waals surface area contributed by atoms with Crippen molar-refractivity contribution in [3.63, 3.8) is 0 Å². The van der Waals surface area contributed by atoms with Crippen LogP contribution in [0.3, 0.4) is 0 Å². The van der Waals surface area contributed by atoms with Crippen LogP contribution in [0, 0.1) is 0 Å². The summed E-state index contributed by atoms with van der Waals surface area (Å²) in [5.41, 5.74) is 12.6. The Morgan fingerprint density at radius 1 is 0.511 bits per heavy atom. The van der Waals surface area contributed by atoms with Gasteiger partial charge in [0.2, 0.25) is 0 Å². The number of para-hydroxylation sites is 2. The molecule has 1 aromatic heterocycles. The van der Waals surface area contributed by atoms with Crippen LogP contribution >= 0.6 is 0 Å². The van der Waals surface area contributed by atoms with E-state index < -0.39 is 0 Å². The molecule has 9 rings (SSSR count). The molecule has 2 heteroatoms. The van der Waals surface area contributed by atoms with Crippen LogP contribution in [0.4, 0.5) is 17.1 Å². The summed E-state index contributed by atoms with van der Waals surface area (Å²) in [6.07, 6.45) is 0. The molecule has 214 valence electrons. The highest BCUT2D eigenvalue weighted by molar-refractivity contribution is 6.10. The maximum absolute atomic E-state index is 6.66. The second-order valence-electron chi connectivity index (χ2n) is 12.6. The lowest BCUT2D eigenvalue weighted by Gasteiger charge is -2.32. The zero-order chi connectivity index (χ0) is 30.1. The van der Waals surface area contributed by atoms with E-state index in [1.54, 1.807) is 0 Å². The average molecular weight is 578 g/mol. The Hall–Kier alpha value is -5.60. The van der Waals surface area contributed by atoms with Gasteiger partial charge in [-0.25, -0.2) is 0 Å². The molecule has 2 nitrogen and oxygen atoms in total. The smallest absolute Gasteiger partial charge is 0.159 e. The lowest BCUT2D eigenvalue weighted by Crippen LogP contribution is -2.20. The molecule has 0 unspecified atom stereocenters. The van der Waals surface area contributed by atoms with Crippen molar-refractivity contribution in [2.45, 2.75) is 19.3 Å². The van der Waals surface area contributed by atoms with Crippen molar-refractivity contribution in [2.75, 3.05) is 4.90 Å². The van der Waals surface area contributed by atoms with E-state index in [4.69, 9.17) is 4.42 Å². The van der Waals surface area contributed by atoms with Crippen LogP contribution in [-0.2, 0) is 5.41 Å². The molecule has 45 heavy (non-hydrogen) atoms. The quantitative estimate of drug-likeness (QED) is 0.207. The van der Waals surface area contributed by atoms with Crippen molar-refractivity contribution in [1.82, 2.24) is 0 Å². The average Bonchev–Trinajstić information content (AvgIpc) is 3.58. The Bertz CT molecular complexity index is 2430. The van der Waals surface area contributed by atoms with E-state index in [2.05, 4.69) is 164 Å². The number of fused-ring (bicyclic) bond motifs is 7. The highest BCUT2D eigenvalue weighted by Crippen LogP contribution is 2.55. The van der Waals surface area contributed by atoms with Crippen molar-refractivity contribution in [3.05, 3.63) is 163 Å². The molecular formula is C43H31NO. The van der Waals surface area contributed by atoms with E-state index in [1.807, 2.05) is 6.07 Å². The molecule has 1 aliphatic carbocycles. The third-order valence-corrected chi connectivity index (χ3v) is 9.61. The standard InChI is InChI=1S/C43H31NO/c1-43(2)37-20-7-5-16-33(37)35-18-10-21-38(41(35)43)44(39-22-11-19-36-34-17-6-8-23-40(34)45-42(36)39)32-15-9-14-30(27-32)31-25-24-28-12-3-4-13-29(28)26-31/h3-27H,1-2H3. The summed E-state index contributed by atoms with van der Waals surface area (Å²) in [4.78, 5) is 2.42. The molecule has 0 radical (unpaired) electrons. The molecule has 8 aromatic rings. The van der Waals surface area contributed by atoms with E-state index in [0.717, 1.165) is 39.0 Å². The molecule has 0 spiro atoms. The number of rotatable bonds is 4. The van der Waals surface area contributed by atoms with Gasteiger partial charge in [-0.1, -0.05) is 129 Å². The van der Waals surface area contributed by atoms with Crippen molar-refractivity contribution in [3.8, 4) is 22.3 Å². The van der Waals surface area contributed by atoms with Gasteiger partial charge in [0.05, 0.1) is 11.4 Å². The van der Waals surface area contributed by atoms with Crippen LogP contribution in [0.25, 0.3) is 55.0 Å². The molecular weight excluding hydrogens is 546 g/mol. The monoisotopic (exact) mass is 577 g/mol. The van der Waals surface area contributed by atoms with E-state index in [0.29, 0.717) is 0 Å². The first-order valence-electron chi connectivity index (χ1n) is 15.6. The largest absolute Gasteiger partial charge is 0.454 e. The Morgan fingerprint density at radius 2 is 1.20 bits per heavy atom. The minimum Gasteiger partial charge on any atom is -0.454 e. The van der Waals surface area contributed by atoms with E-state index in [-0.39, 0.29) is 5.41 Å². The molecule has 7 aromatic carbocycles. The van der Waals surface area contributed by atoms with Gasteiger partial charge >= 0.3 is 0 Å². The lowest BCUT2D eigenvalue weighted by molar-refractivity contribution is 0.659. The molecule has 0 saturated heterocycles. The number of hydrogen-bond acceptors (Lipinski definition) is 2. The van der Waals surface area contributed by atoms with Gasteiger partial charge in [-0.15, -0.1) is 0 Å². The summed E-state index contributed by atoms with van der Waals surface area (Å²) in [5.74, 6) is 0. The second-order valence-corrected chi connectivity index (χ2v) is 12.6. The van der Waals surface area contributed by atoms with Crippen LogP contribution < -0.4 is 4.90 Å². The second kappa shape index (κ2) is 9.70. The van der Waals surface area contributed by atoms with Crippen LogP contribution in [0.5, 0.6) is 0 Å². The van der Waals surface area contributed by atoms with E-state index in [9.17, 15) is 0 Å². The maximum atomic E-state index is 6.66. The molecule has 0 saturated carbocycles. The third-order valence-electron chi connectivity index (χ3n) is 9.61. The first-order valence-corrected chi connectivity index (χ1v) is 15.6. The lowest BCUT2D eigenvalue weighted by atomic mass is 9.81. The maximum Gasteiger partial charge on any atom is 0.159 e. The summed E-state index contributed by atoms with van der Waals surface area (Å²) in [6, 6.07) is 54.7. The fourth-order valence-electron chi connectivity index (χ4n) is 7.52. The molecule has 1 heterocycles. The minimum atomic E-state index is -0.182. The fraction of sp³-hybridized carbons (Fsp3) is 0.0698. The van der Waals surface area contributed by atoms with Crippen molar-refractivity contribution in [2.24, 2.45) is 0 Å². The van der Waals surface area contributed by atoms with E-state index in [1.165, 1.54) is 44.2 Å².